The Kier molecular flexibility index (Phi) is 3.88. The molecule has 1 atom stereocenters. The molecule has 1 saturated carbocycles. The van der Waals surface area contributed by atoms with E-state index in [1.807, 2.05) is 23.5 Å². The van der Waals surface area contributed by atoms with Crippen LogP contribution in [0.15, 0.2) is 4.99 Å². The highest BCUT2D eigenvalue weighted by Crippen LogP contribution is 2.37. The van der Waals surface area contributed by atoms with Crippen molar-refractivity contribution >= 4 is 28.7 Å². The highest BCUT2D eigenvalue weighted by atomic mass is 32.2. The second-order valence-electron chi connectivity index (χ2n) is 4.59. The summed E-state index contributed by atoms with van der Waals surface area (Å²) in [4.78, 5) is 4.66. The molecule has 1 aliphatic heterocycles. The fourth-order valence-corrected chi connectivity index (χ4v) is 3.65. The Bertz CT molecular complexity index is 247. The van der Waals surface area contributed by atoms with Crippen molar-refractivity contribution in [3.63, 3.8) is 0 Å². The van der Waals surface area contributed by atoms with Gasteiger partial charge in [-0.2, -0.15) is 11.8 Å². The van der Waals surface area contributed by atoms with Crippen molar-refractivity contribution in [1.29, 1.82) is 0 Å². The fourth-order valence-electron chi connectivity index (χ4n) is 2.20. The lowest BCUT2D eigenvalue weighted by Crippen LogP contribution is -2.40. The zero-order valence-electron chi connectivity index (χ0n) is 9.58. The van der Waals surface area contributed by atoms with Crippen LogP contribution in [-0.2, 0) is 0 Å². The third-order valence-corrected chi connectivity index (χ3v) is 5.47. The number of nitrogens with zero attached hydrogens (tertiary/aromatic N) is 1. The summed E-state index contributed by atoms with van der Waals surface area (Å²) in [7, 11) is 0. The van der Waals surface area contributed by atoms with Crippen molar-refractivity contribution < 1.29 is 0 Å². The van der Waals surface area contributed by atoms with Gasteiger partial charge < -0.3 is 5.32 Å². The maximum absolute atomic E-state index is 4.66. The van der Waals surface area contributed by atoms with Gasteiger partial charge in [-0.1, -0.05) is 31.5 Å². The van der Waals surface area contributed by atoms with Crippen molar-refractivity contribution in [2.45, 2.75) is 43.4 Å². The molecular formula is C11H20N2S2. The Hall–Kier alpha value is 0.170. The molecule has 2 fully saturated rings. The quantitative estimate of drug-likeness (QED) is 0.826. The molecule has 0 bridgehead atoms. The number of thioether (sulfide) groups is 2. The highest BCUT2D eigenvalue weighted by molar-refractivity contribution is 8.14. The summed E-state index contributed by atoms with van der Waals surface area (Å²) in [5.74, 6) is 1.24. The second-order valence-corrected chi connectivity index (χ2v) is 6.83. The first kappa shape index (κ1) is 11.6. The standard InChI is InChI=1S/C11H20N2S2/c1-9(14-2)7-12-10-13-11(8-15-10)5-3-4-6-11/h9H,3-8H2,1-2H3,(H,12,13). The lowest BCUT2D eigenvalue weighted by atomic mass is 10.0. The van der Waals surface area contributed by atoms with Gasteiger partial charge >= 0.3 is 0 Å². The van der Waals surface area contributed by atoms with Gasteiger partial charge in [0, 0.05) is 16.5 Å². The minimum atomic E-state index is 0.423. The van der Waals surface area contributed by atoms with Crippen LogP contribution in [0.1, 0.15) is 32.6 Å². The van der Waals surface area contributed by atoms with Crippen LogP contribution in [0.5, 0.6) is 0 Å². The van der Waals surface area contributed by atoms with Gasteiger partial charge in [-0.3, -0.25) is 4.99 Å². The Morgan fingerprint density at radius 3 is 2.93 bits per heavy atom. The first-order valence-corrected chi connectivity index (χ1v) is 8.00. The van der Waals surface area contributed by atoms with Gasteiger partial charge in [-0.15, -0.1) is 0 Å². The van der Waals surface area contributed by atoms with Crippen LogP contribution in [-0.4, -0.2) is 34.5 Å². The third-order valence-electron chi connectivity index (χ3n) is 3.31. The van der Waals surface area contributed by atoms with E-state index in [1.165, 1.54) is 36.6 Å². The lowest BCUT2D eigenvalue weighted by Gasteiger charge is -2.21. The number of hydrogen-bond donors (Lipinski definition) is 1. The number of hydrogen-bond acceptors (Lipinski definition) is 3. The van der Waals surface area contributed by atoms with Gasteiger partial charge in [0.05, 0.1) is 6.54 Å². The summed E-state index contributed by atoms with van der Waals surface area (Å²) in [5.41, 5.74) is 0.423. The molecule has 1 heterocycles. The van der Waals surface area contributed by atoms with Gasteiger partial charge in [-0.05, 0) is 19.1 Å². The van der Waals surface area contributed by atoms with Crippen molar-refractivity contribution in [2.75, 3.05) is 18.6 Å². The monoisotopic (exact) mass is 244 g/mol. The number of nitrogens with one attached hydrogen (secondary N) is 1. The lowest BCUT2D eigenvalue weighted by molar-refractivity contribution is 0.452. The molecule has 1 aliphatic carbocycles. The molecule has 4 heteroatoms. The van der Waals surface area contributed by atoms with E-state index in [0.29, 0.717) is 10.8 Å². The van der Waals surface area contributed by atoms with Gasteiger partial charge in [0.1, 0.15) is 0 Å². The molecule has 0 aromatic heterocycles. The largest absolute Gasteiger partial charge is 0.359 e. The zero-order chi connectivity index (χ0) is 10.7. The first-order valence-electron chi connectivity index (χ1n) is 5.72. The molecule has 1 N–H and O–H groups in total. The minimum absolute atomic E-state index is 0.423. The minimum Gasteiger partial charge on any atom is -0.359 e. The first-order chi connectivity index (χ1) is 7.24. The van der Waals surface area contributed by atoms with E-state index in [2.05, 4.69) is 23.5 Å². The Balaban J connectivity index is 1.86. The average Bonchev–Trinajstić information content (AvgIpc) is 2.86. The molecule has 0 amide bonds. The van der Waals surface area contributed by atoms with Crippen LogP contribution in [0, 0.1) is 0 Å². The summed E-state index contributed by atoms with van der Waals surface area (Å²) in [6.45, 7) is 3.19. The highest BCUT2D eigenvalue weighted by Gasteiger charge is 2.39. The molecule has 0 aromatic rings. The molecule has 0 radical (unpaired) electrons. The van der Waals surface area contributed by atoms with Crippen LogP contribution in [0.25, 0.3) is 0 Å². The van der Waals surface area contributed by atoms with E-state index in [0.717, 1.165) is 6.54 Å². The summed E-state index contributed by atoms with van der Waals surface area (Å²) in [6, 6.07) is 0. The summed E-state index contributed by atoms with van der Waals surface area (Å²) < 4.78 is 0. The van der Waals surface area contributed by atoms with Gasteiger partial charge in [0.25, 0.3) is 0 Å². The smallest absolute Gasteiger partial charge is 0.157 e. The molecule has 1 unspecified atom stereocenters. The van der Waals surface area contributed by atoms with Crippen LogP contribution >= 0.6 is 23.5 Å². The molecular weight excluding hydrogens is 224 g/mol. The van der Waals surface area contributed by atoms with E-state index in [1.54, 1.807) is 0 Å². The SMILES string of the molecule is CSC(C)CN=C1NC2(CCCC2)CS1. The van der Waals surface area contributed by atoms with Crippen molar-refractivity contribution in [3.8, 4) is 0 Å². The second kappa shape index (κ2) is 5.00. The maximum atomic E-state index is 4.66. The van der Waals surface area contributed by atoms with E-state index in [4.69, 9.17) is 0 Å². The number of rotatable bonds is 3. The molecule has 2 nitrogen and oxygen atoms in total. The number of aliphatic imine (C=N–C) groups is 1. The summed E-state index contributed by atoms with van der Waals surface area (Å²) in [6.07, 6.45) is 7.62. The zero-order valence-corrected chi connectivity index (χ0v) is 11.2. The van der Waals surface area contributed by atoms with Crippen molar-refractivity contribution in [2.24, 2.45) is 4.99 Å². The van der Waals surface area contributed by atoms with E-state index >= 15 is 0 Å². The van der Waals surface area contributed by atoms with Crippen LogP contribution < -0.4 is 5.32 Å². The average molecular weight is 244 g/mol. The predicted molar refractivity (Wildman–Crippen MR) is 72.1 cm³/mol. The van der Waals surface area contributed by atoms with Gasteiger partial charge in [0.15, 0.2) is 5.17 Å². The van der Waals surface area contributed by atoms with Gasteiger partial charge in [0.2, 0.25) is 0 Å². The van der Waals surface area contributed by atoms with Gasteiger partial charge in [-0.25, -0.2) is 0 Å². The topological polar surface area (TPSA) is 24.4 Å². The van der Waals surface area contributed by atoms with Crippen molar-refractivity contribution in [3.05, 3.63) is 0 Å². The Morgan fingerprint density at radius 2 is 2.27 bits per heavy atom. The molecule has 1 spiro atoms. The van der Waals surface area contributed by atoms with E-state index in [9.17, 15) is 0 Å². The molecule has 15 heavy (non-hydrogen) atoms. The van der Waals surface area contributed by atoms with E-state index in [-0.39, 0.29) is 0 Å². The Morgan fingerprint density at radius 1 is 1.53 bits per heavy atom. The molecule has 2 aliphatic rings. The molecule has 2 rings (SSSR count). The maximum Gasteiger partial charge on any atom is 0.157 e. The van der Waals surface area contributed by atoms with E-state index < -0.39 is 0 Å². The predicted octanol–water partition coefficient (Wildman–Crippen LogP) is 2.74. The normalized spacial score (nSPS) is 28.5. The Labute approximate surface area is 101 Å². The van der Waals surface area contributed by atoms with Crippen LogP contribution in [0.4, 0.5) is 0 Å². The number of amidine groups is 1. The van der Waals surface area contributed by atoms with Crippen LogP contribution in [0.2, 0.25) is 0 Å². The summed E-state index contributed by atoms with van der Waals surface area (Å²) >= 11 is 3.81. The van der Waals surface area contributed by atoms with Crippen molar-refractivity contribution in [1.82, 2.24) is 5.32 Å². The van der Waals surface area contributed by atoms with Crippen LogP contribution in [0.3, 0.4) is 0 Å². The fraction of sp³-hybridized carbons (Fsp3) is 0.909. The molecule has 0 aromatic carbocycles. The summed E-state index contributed by atoms with van der Waals surface area (Å²) in [5, 5.41) is 5.48. The molecule has 1 saturated heterocycles. The molecule has 86 valence electrons. The third kappa shape index (κ3) is 2.84.